The van der Waals surface area contributed by atoms with Gasteiger partial charge in [0.15, 0.2) is 0 Å². The number of hydrogen-bond donors (Lipinski definition) is 2. The highest BCUT2D eigenvalue weighted by Crippen LogP contribution is 2.42. The summed E-state index contributed by atoms with van der Waals surface area (Å²) in [5, 5.41) is 11.7. The van der Waals surface area contributed by atoms with Crippen molar-refractivity contribution in [2.24, 2.45) is 5.41 Å². The lowest BCUT2D eigenvalue weighted by atomic mass is 9.68. The molecular formula is C13H16N2O4. The van der Waals surface area contributed by atoms with Gasteiger partial charge in [-0.15, -0.1) is 0 Å². The van der Waals surface area contributed by atoms with E-state index >= 15 is 0 Å². The van der Waals surface area contributed by atoms with Crippen LogP contribution in [0.5, 0.6) is 5.88 Å². The van der Waals surface area contributed by atoms with Crippen molar-refractivity contribution in [2.75, 3.05) is 11.9 Å². The molecule has 1 amide bonds. The van der Waals surface area contributed by atoms with Gasteiger partial charge in [-0.2, -0.15) is 0 Å². The standard InChI is InChI=1S/C13H16N2O4/c1-2-19-10-5-4-9(8-14-10)15-11(16)13(12(17)18)6-3-7-13/h4-5,8H,2-3,6-7H2,1H3,(H,15,16)(H,17,18). The van der Waals surface area contributed by atoms with E-state index in [9.17, 15) is 9.59 Å². The highest BCUT2D eigenvalue weighted by Gasteiger charge is 2.51. The Morgan fingerprint density at radius 2 is 2.21 bits per heavy atom. The molecule has 1 aliphatic rings. The van der Waals surface area contributed by atoms with Gasteiger partial charge in [-0.1, -0.05) is 6.42 Å². The molecule has 1 aliphatic carbocycles. The molecule has 6 nitrogen and oxygen atoms in total. The van der Waals surface area contributed by atoms with Crippen LogP contribution >= 0.6 is 0 Å². The number of rotatable bonds is 5. The molecule has 1 saturated carbocycles. The van der Waals surface area contributed by atoms with Crippen molar-refractivity contribution < 1.29 is 19.4 Å². The zero-order chi connectivity index (χ0) is 13.9. The maximum absolute atomic E-state index is 12.0. The Morgan fingerprint density at radius 1 is 1.47 bits per heavy atom. The number of anilines is 1. The molecule has 1 heterocycles. The van der Waals surface area contributed by atoms with Crippen molar-refractivity contribution in [3.05, 3.63) is 18.3 Å². The Bertz CT molecular complexity index is 480. The highest BCUT2D eigenvalue weighted by atomic mass is 16.5. The average Bonchev–Trinajstić information content (AvgIpc) is 2.30. The van der Waals surface area contributed by atoms with Crippen molar-refractivity contribution in [1.29, 1.82) is 0 Å². The zero-order valence-electron chi connectivity index (χ0n) is 10.7. The van der Waals surface area contributed by atoms with E-state index in [0.29, 0.717) is 31.0 Å². The SMILES string of the molecule is CCOc1ccc(NC(=O)C2(C(=O)O)CCC2)cn1. The summed E-state index contributed by atoms with van der Waals surface area (Å²) in [7, 11) is 0. The Morgan fingerprint density at radius 3 is 2.63 bits per heavy atom. The van der Waals surface area contributed by atoms with Crippen molar-refractivity contribution in [1.82, 2.24) is 4.98 Å². The lowest BCUT2D eigenvalue weighted by molar-refractivity contribution is -0.159. The van der Waals surface area contributed by atoms with Crippen LogP contribution in [0.15, 0.2) is 18.3 Å². The van der Waals surface area contributed by atoms with Gasteiger partial charge in [0.05, 0.1) is 18.5 Å². The number of carboxylic acid groups (broad SMARTS) is 1. The zero-order valence-corrected chi connectivity index (χ0v) is 10.7. The number of nitrogens with zero attached hydrogens (tertiary/aromatic N) is 1. The van der Waals surface area contributed by atoms with Crippen molar-refractivity contribution >= 4 is 17.6 Å². The molecule has 0 unspecified atom stereocenters. The lowest BCUT2D eigenvalue weighted by Crippen LogP contribution is -2.48. The van der Waals surface area contributed by atoms with Crippen molar-refractivity contribution in [3.63, 3.8) is 0 Å². The van der Waals surface area contributed by atoms with Gasteiger partial charge in [-0.3, -0.25) is 9.59 Å². The Hall–Kier alpha value is -2.11. The van der Waals surface area contributed by atoms with Crippen molar-refractivity contribution in [3.8, 4) is 5.88 Å². The van der Waals surface area contributed by atoms with Crippen LogP contribution < -0.4 is 10.1 Å². The van der Waals surface area contributed by atoms with Gasteiger partial charge in [-0.05, 0) is 25.8 Å². The fourth-order valence-electron chi connectivity index (χ4n) is 2.01. The van der Waals surface area contributed by atoms with Gasteiger partial charge < -0.3 is 15.2 Å². The molecule has 1 aromatic heterocycles. The van der Waals surface area contributed by atoms with E-state index in [1.165, 1.54) is 6.20 Å². The van der Waals surface area contributed by atoms with E-state index in [1.807, 2.05) is 6.92 Å². The fraction of sp³-hybridized carbons (Fsp3) is 0.462. The van der Waals surface area contributed by atoms with Gasteiger partial charge >= 0.3 is 5.97 Å². The first-order valence-electron chi connectivity index (χ1n) is 6.22. The molecule has 1 aromatic rings. The summed E-state index contributed by atoms with van der Waals surface area (Å²) >= 11 is 0. The van der Waals surface area contributed by atoms with Gasteiger partial charge in [0.25, 0.3) is 0 Å². The number of nitrogens with one attached hydrogen (secondary N) is 1. The molecule has 0 aromatic carbocycles. The number of hydrogen-bond acceptors (Lipinski definition) is 4. The monoisotopic (exact) mass is 264 g/mol. The number of aromatic nitrogens is 1. The second-order valence-electron chi connectivity index (χ2n) is 4.51. The summed E-state index contributed by atoms with van der Waals surface area (Å²) in [6, 6.07) is 3.28. The first-order chi connectivity index (χ1) is 9.08. The molecule has 1 fully saturated rings. The number of ether oxygens (including phenoxy) is 1. The normalized spacial score (nSPS) is 16.3. The smallest absolute Gasteiger partial charge is 0.319 e. The minimum absolute atomic E-state index is 0.388. The molecule has 0 saturated heterocycles. The summed E-state index contributed by atoms with van der Waals surface area (Å²) in [6.45, 7) is 2.37. The summed E-state index contributed by atoms with van der Waals surface area (Å²) < 4.78 is 5.19. The quantitative estimate of drug-likeness (QED) is 0.790. The van der Waals surface area contributed by atoms with Gasteiger partial charge in [0.1, 0.15) is 5.41 Å². The Labute approximate surface area is 110 Å². The third-order valence-corrected chi connectivity index (χ3v) is 3.34. The van der Waals surface area contributed by atoms with E-state index in [-0.39, 0.29) is 0 Å². The van der Waals surface area contributed by atoms with Gasteiger partial charge in [0.2, 0.25) is 11.8 Å². The molecule has 0 bridgehead atoms. The van der Waals surface area contributed by atoms with Crippen LogP contribution in [-0.4, -0.2) is 28.6 Å². The van der Waals surface area contributed by atoms with E-state index in [1.54, 1.807) is 12.1 Å². The fourth-order valence-corrected chi connectivity index (χ4v) is 2.01. The third kappa shape index (κ3) is 2.52. The Kier molecular flexibility index (Phi) is 3.69. The van der Waals surface area contributed by atoms with Crippen LogP contribution in [0, 0.1) is 5.41 Å². The molecule has 0 radical (unpaired) electrons. The predicted octanol–water partition coefficient (Wildman–Crippen LogP) is 1.67. The van der Waals surface area contributed by atoms with E-state index in [4.69, 9.17) is 9.84 Å². The van der Waals surface area contributed by atoms with E-state index in [2.05, 4.69) is 10.3 Å². The second kappa shape index (κ2) is 5.26. The molecule has 0 atom stereocenters. The van der Waals surface area contributed by atoms with Gasteiger partial charge in [-0.25, -0.2) is 4.98 Å². The van der Waals surface area contributed by atoms with Gasteiger partial charge in [0, 0.05) is 6.07 Å². The molecule has 0 aliphatic heterocycles. The van der Waals surface area contributed by atoms with Crippen molar-refractivity contribution in [2.45, 2.75) is 26.2 Å². The Balaban J connectivity index is 2.04. The van der Waals surface area contributed by atoms with Crippen LogP contribution in [-0.2, 0) is 9.59 Å². The van der Waals surface area contributed by atoms with Crippen LogP contribution in [0.3, 0.4) is 0 Å². The molecule has 2 rings (SSSR count). The number of carboxylic acids is 1. The second-order valence-corrected chi connectivity index (χ2v) is 4.51. The summed E-state index contributed by atoms with van der Waals surface area (Å²) in [6.07, 6.45) is 3.00. The molecule has 2 N–H and O–H groups in total. The highest BCUT2D eigenvalue weighted by molar-refractivity contribution is 6.09. The van der Waals surface area contributed by atoms with Crippen LogP contribution in [0.25, 0.3) is 0 Å². The van der Waals surface area contributed by atoms with E-state index in [0.717, 1.165) is 6.42 Å². The summed E-state index contributed by atoms with van der Waals surface area (Å²) in [5.41, 5.74) is -0.792. The first kappa shape index (κ1) is 13.3. The predicted molar refractivity (Wildman–Crippen MR) is 68.0 cm³/mol. The van der Waals surface area contributed by atoms with Crippen LogP contribution in [0.4, 0.5) is 5.69 Å². The summed E-state index contributed by atoms with van der Waals surface area (Å²) in [5.74, 6) is -1.07. The number of amides is 1. The topological polar surface area (TPSA) is 88.5 Å². The maximum atomic E-state index is 12.0. The van der Waals surface area contributed by atoms with E-state index < -0.39 is 17.3 Å². The maximum Gasteiger partial charge on any atom is 0.319 e. The molecule has 0 spiro atoms. The number of aliphatic carboxylic acids is 1. The lowest BCUT2D eigenvalue weighted by Gasteiger charge is -2.35. The molecule has 102 valence electrons. The number of carbonyl (C=O) groups excluding carboxylic acids is 1. The summed E-state index contributed by atoms with van der Waals surface area (Å²) in [4.78, 5) is 27.2. The largest absolute Gasteiger partial charge is 0.480 e. The molecule has 6 heteroatoms. The molecule has 19 heavy (non-hydrogen) atoms. The minimum atomic E-state index is -1.27. The number of carbonyl (C=O) groups is 2. The molecular weight excluding hydrogens is 248 g/mol. The number of pyridine rings is 1. The third-order valence-electron chi connectivity index (χ3n) is 3.34. The van der Waals surface area contributed by atoms with Crippen LogP contribution in [0.2, 0.25) is 0 Å². The first-order valence-corrected chi connectivity index (χ1v) is 6.22. The minimum Gasteiger partial charge on any atom is -0.480 e. The van der Waals surface area contributed by atoms with Crippen LogP contribution in [0.1, 0.15) is 26.2 Å². The average molecular weight is 264 g/mol.